The summed E-state index contributed by atoms with van der Waals surface area (Å²) >= 11 is 0. The van der Waals surface area contributed by atoms with Crippen molar-refractivity contribution in [2.45, 2.75) is 0 Å². The minimum Gasteiger partial charge on any atom is -0.382 e. The summed E-state index contributed by atoms with van der Waals surface area (Å²) in [6.07, 6.45) is 0. The van der Waals surface area contributed by atoms with E-state index < -0.39 is 23.2 Å². The molecule has 0 spiro atoms. The maximum atomic E-state index is 13.3. The Labute approximate surface area is 116 Å². The molecule has 1 aromatic rings. The fourth-order valence-electron chi connectivity index (χ4n) is 1.39. The smallest absolute Gasteiger partial charge is 0.238 e. The molecule has 0 radical (unpaired) electrons. The average Bonchev–Trinajstić information content (AvgIpc) is 2.42. The number of hydrogen-bond acceptors (Lipinski definition) is 4. The third-order valence-corrected chi connectivity index (χ3v) is 2.37. The molecule has 0 unspecified atom stereocenters. The number of para-hydroxylation sites is 1. The first kappa shape index (κ1) is 16.5. The fourth-order valence-corrected chi connectivity index (χ4v) is 1.39. The Morgan fingerprint density at radius 3 is 2.55 bits per heavy atom. The number of halogens is 2. The SMILES string of the molecule is COCCOCCNCC(=O)Nc1c(F)cccc1F. The van der Waals surface area contributed by atoms with E-state index in [1.807, 2.05) is 0 Å². The van der Waals surface area contributed by atoms with Gasteiger partial charge in [-0.3, -0.25) is 4.79 Å². The van der Waals surface area contributed by atoms with Crippen LogP contribution in [-0.2, 0) is 14.3 Å². The van der Waals surface area contributed by atoms with Crippen LogP contribution in [0.3, 0.4) is 0 Å². The Morgan fingerprint density at radius 2 is 1.90 bits per heavy atom. The normalized spacial score (nSPS) is 10.6. The monoisotopic (exact) mass is 288 g/mol. The first-order valence-electron chi connectivity index (χ1n) is 6.16. The molecule has 0 saturated carbocycles. The van der Waals surface area contributed by atoms with Gasteiger partial charge >= 0.3 is 0 Å². The molecule has 5 nitrogen and oxygen atoms in total. The van der Waals surface area contributed by atoms with Crippen molar-refractivity contribution in [2.24, 2.45) is 0 Å². The van der Waals surface area contributed by atoms with Crippen LogP contribution in [0.15, 0.2) is 18.2 Å². The lowest BCUT2D eigenvalue weighted by molar-refractivity contribution is -0.115. The van der Waals surface area contributed by atoms with Gasteiger partial charge in [0.25, 0.3) is 0 Å². The first-order valence-corrected chi connectivity index (χ1v) is 6.16. The molecule has 0 aliphatic heterocycles. The molecule has 2 N–H and O–H groups in total. The number of ether oxygens (including phenoxy) is 2. The van der Waals surface area contributed by atoms with Crippen molar-refractivity contribution < 1.29 is 23.0 Å². The first-order chi connectivity index (χ1) is 9.65. The zero-order valence-corrected chi connectivity index (χ0v) is 11.2. The highest BCUT2D eigenvalue weighted by Gasteiger charge is 2.11. The molecule has 1 aromatic carbocycles. The summed E-state index contributed by atoms with van der Waals surface area (Å²) in [5.74, 6) is -2.13. The summed E-state index contributed by atoms with van der Waals surface area (Å²) in [6.45, 7) is 1.81. The molecule has 0 aliphatic rings. The second kappa shape index (κ2) is 9.35. The highest BCUT2D eigenvalue weighted by atomic mass is 19.1. The van der Waals surface area contributed by atoms with Crippen LogP contribution in [0.1, 0.15) is 0 Å². The molecule has 7 heteroatoms. The van der Waals surface area contributed by atoms with Gasteiger partial charge in [-0.25, -0.2) is 8.78 Å². The summed E-state index contributed by atoms with van der Waals surface area (Å²) < 4.78 is 36.5. The lowest BCUT2D eigenvalue weighted by Crippen LogP contribution is -2.31. The van der Waals surface area contributed by atoms with Crippen LogP contribution in [0.2, 0.25) is 0 Å². The van der Waals surface area contributed by atoms with Crippen LogP contribution in [0.25, 0.3) is 0 Å². The fraction of sp³-hybridized carbons (Fsp3) is 0.462. The number of anilines is 1. The molecular formula is C13H18F2N2O3. The number of hydrogen-bond donors (Lipinski definition) is 2. The molecule has 0 aromatic heterocycles. The van der Waals surface area contributed by atoms with Gasteiger partial charge < -0.3 is 20.1 Å². The van der Waals surface area contributed by atoms with Gasteiger partial charge in [-0.1, -0.05) is 6.07 Å². The van der Waals surface area contributed by atoms with Crippen LogP contribution >= 0.6 is 0 Å². The van der Waals surface area contributed by atoms with E-state index in [0.717, 1.165) is 12.1 Å². The molecule has 0 fully saturated rings. The number of nitrogens with one attached hydrogen (secondary N) is 2. The van der Waals surface area contributed by atoms with E-state index in [4.69, 9.17) is 9.47 Å². The van der Waals surface area contributed by atoms with Gasteiger partial charge in [-0.2, -0.15) is 0 Å². The molecule has 0 aliphatic carbocycles. The van der Waals surface area contributed by atoms with E-state index in [9.17, 15) is 13.6 Å². The van der Waals surface area contributed by atoms with Crippen molar-refractivity contribution in [1.82, 2.24) is 5.32 Å². The van der Waals surface area contributed by atoms with Crippen LogP contribution < -0.4 is 10.6 Å². The second-order valence-corrected chi connectivity index (χ2v) is 3.93. The summed E-state index contributed by atoms with van der Waals surface area (Å²) in [7, 11) is 1.58. The number of carbonyl (C=O) groups is 1. The largest absolute Gasteiger partial charge is 0.382 e. The maximum absolute atomic E-state index is 13.3. The van der Waals surface area contributed by atoms with E-state index in [2.05, 4.69) is 10.6 Å². The number of methoxy groups -OCH3 is 1. The Balaban J connectivity index is 2.21. The van der Waals surface area contributed by atoms with Gasteiger partial charge in [0.1, 0.15) is 17.3 Å². The van der Waals surface area contributed by atoms with Crippen molar-refractivity contribution in [1.29, 1.82) is 0 Å². The zero-order valence-electron chi connectivity index (χ0n) is 11.2. The van der Waals surface area contributed by atoms with Crippen LogP contribution in [0.4, 0.5) is 14.5 Å². The standard InChI is InChI=1S/C13H18F2N2O3/c1-19-7-8-20-6-5-16-9-12(18)17-13-10(14)3-2-4-11(13)15/h2-4,16H,5-9H2,1H3,(H,17,18). The molecule has 1 rings (SSSR count). The molecule has 0 bridgehead atoms. The topological polar surface area (TPSA) is 59.6 Å². The average molecular weight is 288 g/mol. The number of amides is 1. The highest BCUT2D eigenvalue weighted by molar-refractivity contribution is 5.92. The molecule has 1 amide bonds. The quantitative estimate of drug-likeness (QED) is 0.669. The number of benzene rings is 1. The van der Waals surface area contributed by atoms with E-state index in [-0.39, 0.29) is 6.54 Å². The Bertz CT molecular complexity index is 410. The van der Waals surface area contributed by atoms with Crippen LogP contribution in [-0.4, -0.2) is 45.9 Å². The second-order valence-electron chi connectivity index (χ2n) is 3.93. The van der Waals surface area contributed by atoms with E-state index in [1.165, 1.54) is 6.07 Å². The Hall–Kier alpha value is -1.57. The molecule has 0 heterocycles. The van der Waals surface area contributed by atoms with E-state index in [0.29, 0.717) is 26.4 Å². The minimum absolute atomic E-state index is 0.0542. The molecule has 20 heavy (non-hydrogen) atoms. The minimum atomic E-state index is -0.804. The zero-order chi connectivity index (χ0) is 14.8. The van der Waals surface area contributed by atoms with Crippen molar-refractivity contribution >= 4 is 11.6 Å². The summed E-state index contributed by atoms with van der Waals surface area (Å²) in [6, 6.07) is 3.39. The highest BCUT2D eigenvalue weighted by Crippen LogP contribution is 2.17. The summed E-state index contributed by atoms with van der Waals surface area (Å²) in [5, 5.41) is 4.98. The van der Waals surface area contributed by atoms with Crippen LogP contribution in [0, 0.1) is 11.6 Å². The third kappa shape index (κ3) is 6.05. The summed E-state index contributed by atoms with van der Waals surface area (Å²) in [4.78, 5) is 11.5. The number of carbonyl (C=O) groups excluding carboxylic acids is 1. The Kier molecular flexibility index (Phi) is 7.71. The third-order valence-electron chi connectivity index (χ3n) is 2.37. The molecular weight excluding hydrogens is 270 g/mol. The van der Waals surface area contributed by atoms with Gasteiger partial charge in [0.05, 0.1) is 26.4 Å². The van der Waals surface area contributed by atoms with Crippen molar-refractivity contribution in [3.05, 3.63) is 29.8 Å². The van der Waals surface area contributed by atoms with Gasteiger partial charge in [-0.15, -0.1) is 0 Å². The molecule has 0 atom stereocenters. The van der Waals surface area contributed by atoms with Crippen LogP contribution in [0.5, 0.6) is 0 Å². The predicted octanol–water partition coefficient (Wildman–Crippen LogP) is 1.16. The van der Waals surface area contributed by atoms with Crippen molar-refractivity contribution in [3.8, 4) is 0 Å². The molecule has 112 valence electrons. The lowest BCUT2D eigenvalue weighted by Gasteiger charge is -2.08. The van der Waals surface area contributed by atoms with Crippen molar-refractivity contribution in [2.75, 3.05) is 45.3 Å². The summed E-state index contributed by atoms with van der Waals surface area (Å²) in [5.41, 5.74) is -0.435. The van der Waals surface area contributed by atoms with E-state index >= 15 is 0 Å². The Morgan fingerprint density at radius 1 is 1.20 bits per heavy atom. The van der Waals surface area contributed by atoms with Crippen molar-refractivity contribution in [3.63, 3.8) is 0 Å². The van der Waals surface area contributed by atoms with Gasteiger partial charge in [0.2, 0.25) is 5.91 Å². The van der Waals surface area contributed by atoms with Gasteiger partial charge in [-0.05, 0) is 12.1 Å². The van der Waals surface area contributed by atoms with E-state index in [1.54, 1.807) is 7.11 Å². The van der Waals surface area contributed by atoms with Gasteiger partial charge in [0.15, 0.2) is 0 Å². The lowest BCUT2D eigenvalue weighted by atomic mass is 10.3. The molecule has 0 saturated heterocycles. The predicted molar refractivity (Wildman–Crippen MR) is 70.6 cm³/mol. The van der Waals surface area contributed by atoms with Gasteiger partial charge in [0, 0.05) is 13.7 Å². The maximum Gasteiger partial charge on any atom is 0.238 e. The number of rotatable bonds is 9.